The highest BCUT2D eigenvalue weighted by molar-refractivity contribution is 5.94. The van der Waals surface area contributed by atoms with Crippen molar-refractivity contribution in [3.05, 3.63) is 23.4 Å². The van der Waals surface area contributed by atoms with Crippen molar-refractivity contribution >= 4 is 11.7 Å². The maximum absolute atomic E-state index is 12.4. The van der Waals surface area contributed by atoms with Gasteiger partial charge in [0, 0.05) is 31.5 Å². The molecule has 0 bridgehead atoms. The molecule has 1 fully saturated rings. The molecular weight excluding hydrogens is 254 g/mol. The summed E-state index contributed by atoms with van der Waals surface area (Å²) in [5, 5.41) is 0. The number of nitrogens with zero attached hydrogens (tertiary/aromatic N) is 2. The highest BCUT2D eigenvalue weighted by Gasteiger charge is 2.21. The molecule has 1 aliphatic heterocycles. The van der Waals surface area contributed by atoms with E-state index in [0.29, 0.717) is 17.9 Å². The number of nitrogens with two attached hydrogens (primary N) is 1. The second kappa shape index (κ2) is 6.22. The zero-order chi connectivity index (χ0) is 14.7. The fourth-order valence-electron chi connectivity index (χ4n) is 2.39. The highest BCUT2D eigenvalue weighted by Crippen LogP contribution is 2.18. The molecule has 1 aliphatic rings. The summed E-state index contributed by atoms with van der Waals surface area (Å²) in [6.45, 7) is 5.49. The Hall–Kier alpha value is -1.62. The van der Waals surface area contributed by atoms with Crippen LogP contribution in [-0.4, -0.2) is 42.1 Å². The number of anilines is 1. The van der Waals surface area contributed by atoms with Crippen LogP contribution in [0, 0.1) is 0 Å². The van der Waals surface area contributed by atoms with Crippen molar-refractivity contribution < 1.29 is 9.53 Å². The van der Waals surface area contributed by atoms with Gasteiger partial charge in [-0.15, -0.1) is 0 Å². The first-order chi connectivity index (χ1) is 9.47. The lowest BCUT2D eigenvalue weighted by atomic mass is 10.1. The molecule has 0 spiro atoms. The van der Waals surface area contributed by atoms with E-state index in [0.717, 1.165) is 25.1 Å². The molecule has 0 radical (unpaired) electrons. The van der Waals surface area contributed by atoms with Crippen molar-refractivity contribution in [1.82, 2.24) is 9.88 Å². The van der Waals surface area contributed by atoms with E-state index in [2.05, 4.69) is 4.98 Å². The average molecular weight is 277 g/mol. The van der Waals surface area contributed by atoms with Gasteiger partial charge >= 0.3 is 0 Å². The standard InChI is InChI=1S/C15H23N3O2/c1-10(2)13-7-11(8-14(16)17-13)15(19)18(3)9-12-5-4-6-20-12/h7-8,10,12H,4-6,9H2,1-3H3,(H2,16,17). The van der Waals surface area contributed by atoms with Gasteiger partial charge in [-0.1, -0.05) is 13.8 Å². The molecule has 1 aromatic heterocycles. The smallest absolute Gasteiger partial charge is 0.253 e. The van der Waals surface area contributed by atoms with E-state index in [9.17, 15) is 4.79 Å². The largest absolute Gasteiger partial charge is 0.384 e. The Labute approximate surface area is 120 Å². The molecule has 0 aliphatic carbocycles. The summed E-state index contributed by atoms with van der Waals surface area (Å²) in [6, 6.07) is 3.47. The summed E-state index contributed by atoms with van der Waals surface area (Å²) in [5.41, 5.74) is 7.24. The van der Waals surface area contributed by atoms with E-state index in [1.54, 1.807) is 18.0 Å². The molecule has 5 heteroatoms. The van der Waals surface area contributed by atoms with E-state index in [1.807, 2.05) is 19.9 Å². The maximum Gasteiger partial charge on any atom is 0.253 e. The minimum atomic E-state index is -0.0310. The predicted molar refractivity (Wildman–Crippen MR) is 78.7 cm³/mol. The highest BCUT2D eigenvalue weighted by atomic mass is 16.5. The lowest BCUT2D eigenvalue weighted by Crippen LogP contribution is -2.34. The number of carbonyl (C=O) groups excluding carboxylic acids is 1. The van der Waals surface area contributed by atoms with Crippen LogP contribution in [0.4, 0.5) is 5.82 Å². The Balaban J connectivity index is 2.11. The van der Waals surface area contributed by atoms with Gasteiger partial charge in [-0.25, -0.2) is 4.98 Å². The normalized spacial score (nSPS) is 18.5. The van der Waals surface area contributed by atoms with Crippen LogP contribution in [-0.2, 0) is 4.74 Å². The molecule has 1 saturated heterocycles. The molecule has 1 amide bonds. The van der Waals surface area contributed by atoms with Gasteiger partial charge in [0.1, 0.15) is 5.82 Å². The quantitative estimate of drug-likeness (QED) is 0.914. The van der Waals surface area contributed by atoms with Gasteiger partial charge in [0.05, 0.1) is 6.10 Å². The minimum Gasteiger partial charge on any atom is -0.384 e. The summed E-state index contributed by atoms with van der Waals surface area (Å²) >= 11 is 0. The van der Waals surface area contributed by atoms with Crippen LogP contribution in [0.3, 0.4) is 0 Å². The Morgan fingerprint density at radius 2 is 2.30 bits per heavy atom. The molecule has 0 aromatic carbocycles. The number of hydrogen-bond donors (Lipinski definition) is 1. The third-order valence-corrected chi connectivity index (χ3v) is 3.55. The Morgan fingerprint density at radius 1 is 1.55 bits per heavy atom. The first-order valence-electron chi connectivity index (χ1n) is 7.12. The fourth-order valence-corrected chi connectivity index (χ4v) is 2.39. The van der Waals surface area contributed by atoms with Gasteiger partial charge in [-0.2, -0.15) is 0 Å². The van der Waals surface area contributed by atoms with Crippen LogP contribution in [0.15, 0.2) is 12.1 Å². The molecule has 2 rings (SSSR count). The molecule has 0 saturated carbocycles. The van der Waals surface area contributed by atoms with Gasteiger partial charge < -0.3 is 15.4 Å². The molecule has 1 unspecified atom stereocenters. The van der Waals surface area contributed by atoms with E-state index in [-0.39, 0.29) is 17.9 Å². The second-order valence-corrected chi connectivity index (χ2v) is 5.68. The third kappa shape index (κ3) is 3.48. The monoisotopic (exact) mass is 277 g/mol. The van der Waals surface area contributed by atoms with Gasteiger partial charge in [0.2, 0.25) is 0 Å². The van der Waals surface area contributed by atoms with E-state index < -0.39 is 0 Å². The number of rotatable bonds is 4. The van der Waals surface area contributed by atoms with Crippen LogP contribution >= 0.6 is 0 Å². The van der Waals surface area contributed by atoms with E-state index in [1.165, 1.54) is 0 Å². The lowest BCUT2D eigenvalue weighted by molar-refractivity contribution is 0.0587. The predicted octanol–water partition coefficient (Wildman–Crippen LogP) is 2.04. The van der Waals surface area contributed by atoms with Crippen LogP contribution < -0.4 is 5.73 Å². The molecule has 20 heavy (non-hydrogen) atoms. The van der Waals surface area contributed by atoms with Gasteiger partial charge in [0.15, 0.2) is 0 Å². The minimum absolute atomic E-state index is 0.0310. The molecular formula is C15H23N3O2. The number of hydrogen-bond acceptors (Lipinski definition) is 4. The second-order valence-electron chi connectivity index (χ2n) is 5.68. The van der Waals surface area contributed by atoms with Crippen LogP contribution in [0.1, 0.15) is 48.7 Å². The lowest BCUT2D eigenvalue weighted by Gasteiger charge is -2.21. The van der Waals surface area contributed by atoms with Gasteiger partial charge in [-0.05, 0) is 30.9 Å². The molecule has 1 atom stereocenters. The molecule has 5 nitrogen and oxygen atoms in total. The summed E-state index contributed by atoms with van der Waals surface area (Å²) in [7, 11) is 1.80. The number of amides is 1. The van der Waals surface area contributed by atoms with Gasteiger partial charge in [-0.3, -0.25) is 4.79 Å². The van der Waals surface area contributed by atoms with Crippen molar-refractivity contribution in [2.24, 2.45) is 0 Å². The van der Waals surface area contributed by atoms with Gasteiger partial charge in [0.25, 0.3) is 5.91 Å². The molecule has 2 N–H and O–H groups in total. The maximum atomic E-state index is 12.4. The van der Waals surface area contributed by atoms with E-state index in [4.69, 9.17) is 10.5 Å². The first-order valence-corrected chi connectivity index (χ1v) is 7.12. The number of pyridine rings is 1. The molecule has 2 heterocycles. The molecule has 110 valence electrons. The molecule has 1 aromatic rings. The third-order valence-electron chi connectivity index (χ3n) is 3.55. The average Bonchev–Trinajstić information content (AvgIpc) is 2.89. The van der Waals surface area contributed by atoms with Crippen molar-refractivity contribution in [1.29, 1.82) is 0 Å². The van der Waals surface area contributed by atoms with Crippen LogP contribution in [0.2, 0.25) is 0 Å². The number of ether oxygens (including phenoxy) is 1. The summed E-state index contributed by atoms with van der Waals surface area (Å²) in [5.74, 6) is 0.607. The zero-order valence-electron chi connectivity index (χ0n) is 12.4. The Bertz CT molecular complexity index is 482. The van der Waals surface area contributed by atoms with E-state index >= 15 is 0 Å². The number of carbonyl (C=O) groups is 1. The fraction of sp³-hybridized carbons (Fsp3) is 0.600. The Kier molecular flexibility index (Phi) is 4.60. The van der Waals surface area contributed by atoms with Crippen molar-refractivity contribution in [3.8, 4) is 0 Å². The van der Waals surface area contributed by atoms with Crippen molar-refractivity contribution in [2.45, 2.75) is 38.7 Å². The number of aromatic nitrogens is 1. The zero-order valence-corrected chi connectivity index (χ0v) is 12.4. The summed E-state index contributed by atoms with van der Waals surface area (Å²) in [6.07, 6.45) is 2.26. The van der Waals surface area contributed by atoms with Crippen molar-refractivity contribution in [3.63, 3.8) is 0 Å². The summed E-state index contributed by atoms with van der Waals surface area (Å²) < 4.78 is 5.56. The van der Waals surface area contributed by atoms with Crippen LogP contribution in [0.5, 0.6) is 0 Å². The number of nitrogen functional groups attached to an aromatic ring is 1. The topological polar surface area (TPSA) is 68.5 Å². The summed E-state index contributed by atoms with van der Waals surface area (Å²) in [4.78, 5) is 18.4. The first kappa shape index (κ1) is 14.8. The SMILES string of the molecule is CC(C)c1cc(C(=O)N(C)CC2CCCO2)cc(N)n1. The van der Waals surface area contributed by atoms with Crippen LogP contribution in [0.25, 0.3) is 0 Å². The Morgan fingerprint density at radius 3 is 2.90 bits per heavy atom. The van der Waals surface area contributed by atoms with Crippen molar-refractivity contribution in [2.75, 3.05) is 25.9 Å². The number of likely N-dealkylation sites (N-methyl/N-ethyl adjacent to an activating group) is 1.